The highest BCUT2D eigenvalue weighted by atomic mass is 127. The number of H-pyrrole nitrogens is 1. The number of aromatic nitrogens is 1. The number of hydrogen-bond donors (Lipinski definition) is 3. The molecule has 0 aliphatic carbocycles. The third-order valence-corrected chi connectivity index (χ3v) is 3.16. The van der Waals surface area contributed by atoms with Crippen molar-refractivity contribution in [1.82, 2.24) is 4.98 Å². The van der Waals surface area contributed by atoms with E-state index in [1.54, 1.807) is 0 Å². The second-order valence-electron chi connectivity index (χ2n) is 3.65. The van der Waals surface area contributed by atoms with Gasteiger partial charge in [0, 0.05) is 27.1 Å². The van der Waals surface area contributed by atoms with Crippen LogP contribution in [0.25, 0.3) is 10.9 Å². The Labute approximate surface area is 106 Å². The van der Waals surface area contributed by atoms with Gasteiger partial charge in [-0.25, -0.2) is 0 Å². The third-order valence-electron chi connectivity index (χ3n) is 2.49. The molecule has 5 heteroatoms. The molecule has 0 aliphatic rings. The van der Waals surface area contributed by atoms with Crippen LogP contribution >= 0.6 is 22.6 Å². The zero-order valence-electron chi connectivity index (χ0n) is 8.40. The second-order valence-corrected chi connectivity index (χ2v) is 4.90. The maximum Gasteiger partial charge on any atom is 0.320 e. The smallest absolute Gasteiger partial charge is 0.320 e. The Balaban J connectivity index is 2.35. The minimum absolute atomic E-state index is 0.343. The molecule has 1 atom stereocenters. The van der Waals surface area contributed by atoms with Gasteiger partial charge < -0.3 is 15.8 Å². The molecule has 0 amide bonds. The van der Waals surface area contributed by atoms with Gasteiger partial charge in [-0.1, -0.05) is 6.07 Å². The lowest BCUT2D eigenvalue weighted by Gasteiger charge is -2.04. The van der Waals surface area contributed by atoms with Crippen LogP contribution in [0, 0.1) is 3.57 Å². The number of halogens is 1. The van der Waals surface area contributed by atoms with Gasteiger partial charge in [-0.15, -0.1) is 0 Å². The van der Waals surface area contributed by atoms with E-state index in [1.807, 2.05) is 24.4 Å². The first-order valence-corrected chi connectivity index (χ1v) is 5.89. The Bertz CT molecular complexity index is 536. The van der Waals surface area contributed by atoms with Crippen LogP contribution in [-0.2, 0) is 11.2 Å². The third kappa shape index (κ3) is 2.19. The summed E-state index contributed by atoms with van der Waals surface area (Å²) in [5, 5.41) is 9.80. The van der Waals surface area contributed by atoms with Gasteiger partial charge in [-0.3, -0.25) is 4.79 Å². The number of carbonyl (C=O) groups is 1. The van der Waals surface area contributed by atoms with Gasteiger partial charge in [0.15, 0.2) is 0 Å². The number of nitrogens with two attached hydrogens (primary N) is 1. The average Bonchev–Trinajstić information content (AvgIpc) is 2.60. The predicted octanol–water partition coefficient (Wildman–Crippen LogP) is 1.73. The molecule has 1 heterocycles. The molecular formula is C11H11IN2O2. The summed E-state index contributed by atoms with van der Waals surface area (Å²) in [6.45, 7) is 0. The summed E-state index contributed by atoms with van der Waals surface area (Å²) < 4.78 is 1.14. The first kappa shape index (κ1) is 11.4. The first-order chi connectivity index (χ1) is 7.58. The molecule has 0 saturated carbocycles. The van der Waals surface area contributed by atoms with E-state index in [0.29, 0.717) is 6.42 Å². The molecule has 2 aromatic rings. The topological polar surface area (TPSA) is 79.1 Å². The molecule has 4 nitrogen and oxygen atoms in total. The van der Waals surface area contributed by atoms with Gasteiger partial charge in [0.05, 0.1) is 0 Å². The van der Waals surface area contributed by atoms with Gasteiger partial charge in [0.2, 0.25) is 0 Å². The van der Waals surface area contributed by atoms with E-state index in [0.717, 1.165) is 20.0 Å². The number of aliphatic carboxylic acids is 1. The van der Waals surface area contributed by atoms with Crippen LogP contribution in [0.2, 0.25) is 0 Å². The monoisotopic (exact) mass is 330 g/mol. The highest BCUT2D eigenvalue weighted by molar-refractivity contribution is 14.1. The van der Waals surface area contributed by atoms with Crippen molar-refractivity contribution in [3.8, 4) is 0 Å². The Morgan fingerprint density at radius 3 is 3.00 bits per heavy atom. The summed E-state index contributed by atoms with van der Waals surface area (Å²) in [6, 6.07) is 5.15. The lowest BCUT2D eigenvalue weighted by molar-refractivity contribution is -0.138. The number of benzene rings is 1. The molecule has 0 unspecified atom stereocenters. The molecule has 0 saturated heterocycles. The minimum Gasteiger partial charge on any atom is -0.480 e. The largest absolute Gasteiger partial charge is 0.480 e. The summed E-state index contributed by atoms with van der Waals surface area (Å²) in [5.41, 5.74) is 7.47. The van der Waals surface area contributed by atoms with E-state index >= 15 is 0 Å². The molecule has 16 heavy (non-hydrogen) atoms. The fraction of sp³-hybridized carbons (Fsp3) is 0.182. The van der Waals surface area contributed by atoms with Gasteiger partial charge in [0.25, 0.3) is 0 Å². The predicted molar refractivity (Wildman–Crippen MR) is 70.3 cm³/mol. The number of rotatable bonds is 3. The van der Waals surface area contributed by atoms with E-state index in [4.69, 9.17) is 10.8 Å². The van der Waals surface area contributed by atoms with Crippen molar-refractivity contribution in [3.05, 3.63) is 33.5 Å². The molecule has 0 bridgehead atoms. The van der Waals surface area contributed by atoms with E-state index < -0.39 is 12.0 Å². The van der Waals surface area contributed by atoms with Gasteiger partial charge in [-0.2, -0.15) is 0 Å². The SMILES string of the molecule is N[C@@H](Cc1c[nH]c2cc(I)ccc12)C(=O)O. The van der Waals surface area contributed by atoms with Gasteiger partial charge >= 0.3 is 5.97 Å². The summed E-state index contributed by atoms with van der Waals surface area (Å²) in [5.74, 6) is -0.972. The number of fused-ring (bicyclic) bond motifs is 1. The number of carboxylic acid groups (broad SMARTS) is 1. The fourth-order valence-electron chi connectivity index (χ4n) is 1.65. The molecule has 0 spiro atoms. The van der Waals surface area contributed by atoms with Crippen molar-refractivity contribution >= 4 is 39.5 Å². The lowest BCUT2D eigenvalue weighted by atomic mass is 10.1. The van der Waals surface area contributed by atoms with E-state index in [1.165, 1.54) is 0 Å². The zero-order chi connectivity index (χ0) is 11.7. The van der Waals surface area contributed by atoms with E-state index in [9.17, 15) is 4.79 Å². The fourth-order valence-corrected chi connectivity index (χ4v) is 2.14. The molecule has 0 fully saturated rings. The van der Waals surface area contributed by atoms with Gasteiger partial charge in [-0.05, 0) is 40.3 Å². The zero-order valence-corrected chi connectivity index (χ0v) is 10.6. The van der Waals surface area contributed by atoms with Crippen molar-refractivity contribution in [3.63, 3.8) is 0 Å². The minimum atomic E-state index is -0.972. The molecule has 4 N–H and O–H groups in total. The number of hydrogen-bond acceptors (Lipinski definition) is 2. The van der Waals surface area contributed by atoms with Crippen LogP contribution in [-0.4, -0.2) is 22.1 Å². The maximum absolute atomic E-state index is 10.7. The molecule has 0 aliphatic heterocycles. The Morgan fingerprint density at radius 2 is 2.31 bits per heavy atom. The quantitative estimate of drug-likeness (QED) is 0.750. The number of nitrogens with one attached hydrogen (secondary N) is 1. The van der Waals surface area contributed by atoms with Crippen LogP contribution in [0.4, 0.5) is 0 Å². The lowest BCUT2D eigenvalue weighted by Crippen LogP contribution is -2.32. The van der Waals surface area contributed by atoms with Crippen molar-refractivity contribution in [2.24, 2.45) is 5.73 Å². The number of aromatic amines is 1. The Kier molecular flexibility index (Phi) is 3.15. The van der Waals surface area contributed by atoms with Crippen LogP contribution in [0.5, 0.6) is 0 Å². The van der Waals surface area contributed by atoms with Crippen molar-refractivity contribution in [1.29, 1.82) is 0 Å². The van der Waals surface area contributed by atoms with E-state index in [2.05, 4.69) is 27.6 Å². The van der Waals surface area contributed by atoms with Crippen LogP contribution < -0.4 is 5.73 Å². The van der Waals surface area contributed by atoms with E-state index in [-0.39, 0.29) is 0 Å². The molecule has 0 radical (unpaired) electrons. The van der Waals surface area contributed by atoms with Crippen LogP contribution in [0.15, 0.2) is 24.4 Å². The highest BCUT2D eigenvalue weighted by Crippen LogP contribution is 2.21. The van der Waals surface area contributed by atoms with Crippen molar-refractivity contribution in [2.75, 3.05) is 0 Å². The average molecular weight is 330 g/mol. The molecule has 1 aromatic carbocycles. The normalized spacial score (nSPS) is 12.9. The van der Waals surface area contributed by atoms with Gasteiger partial charge in [0.1, 0.15) is 6.04 Å². The van der Waals surface area contributed by atoms with Crippen LogP contribution in [0.3, 0.4) is 0 Å². The van der Waals surface area contributed by atoms with Crippen molar-refractivity contribution in [2.45, 2.75) is 12.5 Å². The first-order valence-electron chi connectivity index (χ1n) is 4.82. The summed E-state index contributed by atoms with van der Waals surface area (Å²) in [6.07, 6.45) is 2.17. The summed E-state index contributed by atoms with van der Waals surface area (Å²) in [4.78, 5) is 13.8. The molecule has 2 rings (SSSR count). The summed E-state index contributed by atoms with van der Waals surface area (Å²) >= 11 is 2.23. The Morgan fingerprint density at radius 1 is 1.56 bits per heavy atom. The Hall–Kier alpha value is -1.08. The van der Waals surface area contributed by atoms with Crippen molar-refractivity contribution < 1.29 is 9.90 Å². The summed E-state index contributed by atoms with van der Waals surface area (Å²) in [7, 11) is 0. The molecule has 84 valence electrons. The highest BCUT2D eigenvalue weighted by Gasteiger charge is 2.14. The standard InChI is InChI=1S/C11H11IN2O2/c12-7-1-2-8-6(3-9(13)11(15)16)5-14-10(8)4-7/h1-2,4-5,9,14H,3,13H2,(H,15,16)/t9-/m0/s1. The van der Waals surface area contributed by atoms with Crippen LogP contribution in [0.1, 0.15) is 5.56 Å². The second kappa shape index (κ2) is 4.42. The maximum atomic E-state index is 10.7. The molecular weight excluding hydrogens is 319 g/mol. The number of carboxylic acids is 1. The molecule has 1 aromatic heterocycles.